The van der Waals surface area contributed by atoms with Crippen LogP contribution >= 0.6 is 7.82 Å². The van der Waals surface area contributed by atoms with Gasteiger partial charge in [-0.25, -0.2) is 29.0 Å². The first-order valence-electron chi connectivity index (χ1n) is 10.3. The minimum absolute atomic E-state index is 0.0496. The van der Waals surface area contributed by atoms with Crippen LogP contribution in [0.5, 0.6) is 0 Å². The molecule has 0 spiro atoms. The molecule has 3 aromatic rings. The van der Waals surface area contributed by atoms with Crippen molar-refractivity contribution in [1.29, 1.82) is 0 Å². The summed E-state index contributed by atoms with van der Waals surface area (Å²) in [4.78, 5) is 45.2. The number of nitrogens with one attached hydrogen (secondary N) is 1. The van der Waals surface area contributed by atoms with Crippen molar-refractivity contribution in [3.8, 4) is 0 Å². The summed E-state index contributed by atoms with van der Waals surface area (Å²) in [5, 5.41) is 20.7. The maximum atomic E-state index is 12.1. The largest absolute Gasteiger partial charge is 0.533 e. The molecule has 4 rings (SSSR count). The fourth-order valence-electron chi connectivity index (χ4n) is 3.33. The normalized spacial score (nSPS) is 23.0. The number of nitrogens with two attached hydrogens (primary N) is 1. The molecule has 1 saturated heterocycles. The van der Waals surface area contributed by atoms with E-state index in [0.717, 1.165) is 6.33 Å². The molecule has 1 unspecified atom stereocenters. The Labute approximate surface area is 212 Å². The van der Waals surface area contributed by atoms with Gasteiger partial charge in [0.15, 0.2) is 17.7 Å². The fraction of sp³-hybridized carbons (Fsp3) is 0.278. The molecule has 0 bridgehead atoms. The fourth-order valence-corrected chi connectivity index (χ4v) is 4.59. The Morgan fingerprint density at radius 1 is 1.16 bits per heavy atom. The molecule has 1 amide bonds. The van der Waals surface area contributed by atoms with Crippen LogP contribution in [0.15, 0.2) is 43.0 Å². The van der Waals surface area contributed by atoms with E-state index in [2.05, 4.69) is 28.2 Å². The number of hydrogen-bond acceptors (Lipinski definition) is 15. The van der Waals surface area contributed by atoms with Gasteiger partial charge in [-0.2, -0.15) is 8.42 Å². The molecular formula is C18H19N6O12PS. The van der Waals surface area contributed by atoms with Crippen molar-refractivity contribution in [2.24, 2.45) is 0 Å². The number of imidazole rings is 1. The van der Waals surface area contributed by atoms with E-state index < -0.39 is 61.3 Å². The minimum Gasteiger partial charge on any atom is -0.387 e. The number of anilines is 1. The van der Waals surface area contributed by atoms with Crippen molar-refractivity contribution in [2.75, 3.05) is 12.3 Å². The lowest BCUT2D eigenvalue weighted by atomic mass is 10.1. The first kappa shape index (κ1) is 27.3. The van der Waals surface area contributed by atoms with Crippen LogP contribution in [0.1, 0.15) is 16.6 Å². The Kier molecular flexibility index (Phi) is 7.61. The molecule has 5 atom stereocenters. The number of carbonyl (C=O) groups is 2. The van der Waals surface area contributed by atoms with Gasteiger partial charge in [-0.05, 0) is 12.1 Å². The molecule has 3 heterocycles. The number of aliphatic hydroxyl groups excluding tert-OH is 2. The van der Waals surface area contributed by atoms with E-state index in [0.29, 0.717) is 0 Å². The minimum atomic E-state index is -5.33. The van der Waals surface area contributed by atoms with Gasteiger partial charge >= 0.3 is 24.3 Å². The molecule has 0 aliphatic carbocycles. The molecule has 1 aromatic carbocycles. The number of benzene rings is 1. The molecule has 1 aliphatic heterocycles. The van der Waals surface area contributed by atoms with Crippen LogP contribution < -0.4 is 10.5 Å². The lowest BCUT2D eigenvalue weighted by Crippen LogP contribution is -2.34. The number of hydrogen-bond donors (Lipinski definition) is 5. The number of rotatable bonds is 8. The smallest absolute Gasteiger partial charge is 0.387 e. The predicted octanol–water partition coefficient (Wildman–Crippen LogP) is -1.03. The van der Waals surface area contributed by atoms with Gasteiger partial charge in [0.2, 0.25) is 0 Å². The second-order valence-electron chi connectivity index (χ2n) is 7.57. The van der Waals surface area contributed by atoms with Gasteiger partial charge in [0.25, 0.3) is 5.91 Å². The summed E-state index contributed by atoms with van der Waals surface area (Å²) in [6, 6.07) is 7.02. The first-order chi connectivity index (χ1) is 17.9. The van der Waals surface area contributed by atoms with Crippen LogP contribution in [0, 0.1) is 0 Å². The summed E-state index contributed by atoms with van der Waals surface area (Å²) < 4.78 is 56.4. The Balaban J connectivity index is 1.33. The average Bonchev–Trinajstić information content (AvgIpc) is 3.39. The van der Waals surface area contributed by atoms with Gasteiger partial charge in [-0.3, -0.25) is 23.0 Å². The van der Waals surface area contributed by atoms with Crippen molar-refractivity contribution in [2.45, 2.75) is 24.5 Å². The summed E-state index contributed by atoms with van der Waals surface area (Å²) in [5.74, 6) is -1.10. The zero-order valence-corrected chi connectivity index (χ0v) is 20.5. The lowest BCUT2D eigenvalue weighted by Gasteiger charge is -2.17. The van der Waals surface area contributed by atoms with Gasteiger partial charge < -0.3 is 25.2 Å². The molecule has 1 aliphatic rings. The molecule has 0 radical (unpaired) electrons. The highest BCUT2D eigenvalue weighted by molar-refractivity contribution is 7.85. The topological polar surface area (TPSA) is 265 Å². The Bertz CT molecular complexity index is 1500. The highest BCUT2D eigenvalue weighted by Crippen LogP contribution is 2.45. The predicted molar refractivity (Wildman–Crippen MR) is 122 cm³/mol. The van der Waals surface area contributed by atoms with Crippen LogP contribution in [-0.2, 0) is 32.8 Å². The van der Waals surface area contributed by atoms with E-state index in [1.54, 1.807) is 6.07 Å². The van der Waals surface area contributed by atoms with Crippen molar-refractivity contribution in [3.63, 3.8) is 0 Å². The van der Waals surface area contributed by atoms with E-state index in [4.69, 9.17) is 10.5 Å². The monoisotopic (exact) mass is 574 g/mol. The molecule has 1 fully saturated rings. The molecule has 6 N–H and O–H groups in total. The van der Waals surface area contributed by atoms with Gasteiger partial charge in [0.05, 0.1) is 12.9 Å². The van der Waals surface area contributed by atoms with E-state index in [1.807, 2.05) is 0 Å². The molecular weight excluding hydrogens is 555 g/mol. The number of nitrogen functional groups attached to an aromatic ring is 1. The number of phosphoric acid groups is 1. The Morgan fingerprint density at radius 3 is 2.58 bits per heavy atom. The quantitative estimate of drug-likeness (QED) is 0.201. The van der Waals surface area contributed by atoms with Crippen molar-refractivity contribution in [3.05, 3.63) is 48.5 Å². The summed E-state index contributed by atoms with van der Waals surface area (Å²) in [6.07, 6.45) is -5.79. The van der Waals surface area contributed by atoms with E-state index in [-0.39, 0.29) is 22.5 Å². The maximum Gasteiger partial charge on any atom is 0.533 e. The van der Waals surface area contributed by atoms with Gasteiger partial charge in [-0.15, -0.1) is 0 Å². The SMILES string of the molecule is Nc1ncnc2c1ncn2[C@@H]1O[C@H](COP(=O)(O)OC(=O)OS(=O)(=O)NC(=O)c2ccccc2)[C@@H](O)[C@H]1O. The Hall–Kier alpha value is -3.71. The van der Waals surface area contributed by atoms with E-state index in [1.165, 1.54) is 39.9 Å². The molecule has 0 saturated carbocycles. The molecule has 38 heavy (non-hydrogen) atoms. The second-order valence-corrected chi connectivity index (χ2v) is 10.2. The number of carbonyl (C=O) groups excluding carboxylic acids is 2. The van der Waals surface area contributed by atoms with Gasteiger partial charge in [-0.1, -0.05) is 18.2 Å². The zero-order valence-electron chi connectivity index (χ0n) is 18.8. The standard InChI is InChI=1S/C18H19N6O12PS/c19-14-11-15(21-7-20-14)24(8-22-11)17-13(26)12(25)10(34-17)6-33-37(29,30)35-18(28)36-38(31,32)23-16(27)9-4-2-1-3-5-9/h1-5,7-8,10,12-13,17,25-26H,6H2,(H,23,27)(H,29,30)(H2,19,20,21)/t10-,12-,13-,17-/m1/s1. The van der Waals surface area contributed by atoms with E-state index >= 15 is 0 Å². The highest BCUT2D eigenvalue weighted by Gasteiger charge is 2.46. The third kappa shape index (κ3) is 6.05. The van der Waals surface area contributed by atoms with Gasteiger partial charge in [0, 0.05) is 5.56 Å². The van der Waals surface area contributed by atoms with Crippen LogP contribution in [0.2, 0.25) is 0 Å². The number of amides is 1. The average molecular weight is 574 g/mol. The highest BCUT2D eigenvalue weighted by atomic mass is 32.2. The van der Waals surface area contributed by atoms with Crippen molar-refractivity contribution >= 4 is 47.2 Å². The third-order valence-corrected chi connectivity index (χ3v) is 6.67. The maximum absolute atomic E-state index is 12.1. The first-order valence-corrected chi connectivity index (χ1v) is 13.2. The van der Waals surface area contributed by atoms with Crippen molar-refractivity contribution < 1.29 is 55.6 Å². The third-order valence-electron chi connectivity index (χ3n) is 5.02. The summed E-state index contributed by atoms with van der Waals surface area (Å²) in [5.41, 5.74) is 5.98. The molecule has 20 heteroatoms. The molecule has 204 valence electrons. The number of aliphatic hydroxyl groups is 2. The molecule has 18 nitrogen and oxygen atoms in total. The number of nitrogens with zero attached hydrogens (tertiary/aromatic N) is 4. The van der Waals surface area contributed by atoms with Crippen LogP contribution in [0.25, 0.3) is 11.2 Å². The summed E-state index contributed by atoms with van der Waals surface area (Å²) >= 11 is 0. The summed E-state index contributed by atoms with van der Waals surface area (Å²) in [6.45, 7) is -0.906. The van der Waals surface area contributed by atoms with E-state index in [9.17, 15) is 37.7 Å². The second kappa shape index (κ2) is 10.6. The summed E-state index contributed by atoms with van der Waals surface area (Å²) in [7, 11) is -10.4. The number of fused-ring (bicyclic) bond motifs is 1. The lowest BCUT2D eigenvalue weighted by molar-refractivity contribution is -0.0508. The van der Waals surface area contributed by atoms with Crippen LogP contribution in [0.4, 0.5) is 10.6 Å². The number of aromatic nitrogens is 4. The van der Waals surface area contributed by atoms with Crippen LogP contribution in [0.3, 0.4) is 0 Å². The Morgan fingerprint density at radius 2 is 1.87 bits per heavy atom. The van der Waals surface area contributed by atoms with Crippen molar-refractivity contribution in [1.82, 2.24) is 24.2 Å². The zero-order chi connectivity index (χ0) is 27.7. The van der Waals surface area contributed by atoms with Gasteiger partial charge in [0.1, 0.15) is 30.2 Å². The van der Waals surface area contributed by atoms with Crippen LogP contribution in [-0.4, -0.2) is 80.0 Å². The molecule has 2 aromatic heterocycles. The number of ether oxygens (including phenoxy) is 1. The number of phosphoric ester groups is 1.